The maximum atomic E-state index is 14.5. The second-order valence-electron chi connectivity index (χ2n) is 6.37. The summed E-state index contributed by atoms with van der Waals surface area (Å²) < 4.78 is 58.5. The minimum atomic E-state index is -3.73. The molecule has 2 aromatic rings. The average Bonchev–Trinajstić information content (AvgIpc) is 2.58. The van der Waals surface area contributed by atoms with Crippen molar-refractivity contribution in [1.29, 1.82) is 0 Å². The van der Waals surface area contributed by atoms with Crippen molar-refractivity contribution in [2.45, 2.75) is 19.1 Å². The number of hydrogen-bond acceptors (Lipinski definition) is 6. The monoisotopic (exact) mass is 396 g/mol. The van der Waals surface area contributed by atoms with Gasteiger partial charge in [0.15, 0.2) is 0 Å². The molecule has 0 unspecified atom stereocenters. The van der Waals surface area contributed by atoms with Crippen LogP contribution in [0.25, 0.3) is 0 Å². The van der Waals surface area contributed by atoms with Gasteiger partial charge in [-0.1, -0.05) is 12.1 Å². The molecule has 7 nitrogen and oxygen atoms in total. The summed E-state index contributed by atoms with van der Waals surface area (Å²) in [6, 6.07) is 8.28. The third-order valence-electron chi connectivity index (χ3n) is 4.25. The van der Waals surface area contributed by atoms with Crippen LogP contribution in [0.2, 0.25) is 0 Å². The highest BCUT2D eigenvalue weighted by Gasteiger charge is 2.41. The van der Waals surface area contributed by atoms with E-state index in [0.29, 0.717) is 5.56 Å². The average molecular weight is 396 g/mol. The molecule has 1 aromatic heterocycles. The maximum absolute atomic E-state index is 14.5. The van der Waals surface area contributed by atoms with Crippen LogP contribution in [0.5, 0.6) is 5.88 Å². The van der Waals surface area contributed by atoms with Crippen LogP contribution in [0, 0.1) is 11.8 Å². The van der Waals surface area contributed by atoms with Crippen LogP contribution in [-0.2, 0) is 22.2 Å². The Bertz CT molecular complexity index is 1010. The molecule has 1 aromatic carbocycles. The fourth-order valence-corrected chi connectivity index (χ4v) is 4.24. The standard InChI is InChI=1S/C17H18F2N4O3S/c1-17(10-27(24,25)23(2)16(20)22-17)12-8-11(6-7-13(12)18)9-26-15-5-3-4-14(19)21-15/h3-8H,9-10H2,1-2H3,(H2,20,22)/t17-/m0/s1. The molecule has 0 radical (unpaired) electrons. The number of rotatable bonds is 4. The molecule has 0 bridgehead atoms. The molecular weight excluding hydrogens is 378 g/mol. The summed E-state index contributed by atoms with van der Waals surface area (Å²) in [5.41, 5.74) is 4.95. The molecule has 1 atom stereocenters. The Balaban J connectivity index is 1.91. The van der Waals surface area contributed by atoms with E-state index in [2.05, 4.69) is 9.98 Å². The van der Waals surface area contributed by atoms with Crippen molar-refractivity contribution in [2.24, 2.45) is 10.7 Å². The Morgan fingerprint density at radius 3 is 2.70 bits per heavy atom. The summed E-state index contributed by atoms with van der Waals surface area (Å²) in [7, 11) is -2.44. The molecule has 0 aliphatic carbocycles. The van der Waals surface area contributed by atoms with Crippen LogP contribution in [0.4, 0.5) is 8.78 Å². The summed E-state index contributed by atoms with van der Waals surface area (Å²) in [5, 5.41) is 0. The highest BCUT2D eigenvalue weighted by molar-refractivity contribution is 7.89. The fourth-order valence-electron chi connectivity index (χ4n) is 2.79. The van der Waals surface area contributed by atoms with Gasteiger partial charge in [0.05, 0.1) is 5.75 Å². The summed E-state index contributed by atoms with van der Waals surface area (Å²) in [4.78, 5) is 7.77. The lowest BCUT2D eigenvalue weighted by Crippen LogP contribution is -2.50. The second-order valence-corrected chi connectivity index (χ2v) is 8.37. The van der Waals surface area contributed by atoms with E-state index in [1.165, 1.54) is 50.4 Å². The molecule has 3 rings (SSSR count). The first-order valence-electron chi connectivity index (χ1n) is 7.97. The molecule has 2 N–H and O–H groups in total. The van der Waals surface area contributed by atoms with Gasteiger partial charge < -0.3 is 10.5 Å². The zero-order valence-corrected chi connectivity index (χ0v) is 15.5. The maximum Gasteiger partial charge on any atom is 0.239 e. The van der Waals surface area contributed by atoms with Crippen LogP contribution < -0.4 is 10.5 Å². The van der Waals surface area contributed by atoms with Crippen molar-refractivity contribution in [3.8, 4) is 5.88 Å². The zero-order chi connectivity index (χ0) is 19.8. The summed E-state index contributed by atoms with van der Waals surface area (Å²) in [6.45, 7) is 1.49. The number of halogens is 2. The second kappa shape index (κ2) is 6.76. The predicted octanol–water partition coefficient (Wildman–Crippen LogP) is 1.74. The summed E-state index contributed by atoms with van der Waals surface area (Å²) in [5.74, 6) is -1.85. The molecule has 0 saturated carbocycles. The number of ether oxygens (including phenoxy) is 1. The van der Waals surface area contributed by atoms with Gasteiger partial charge in [0.2, 0.25) is 27.8 Å². The number of guanidine groups is 1. The van der Waals surface area contributed by atoms with Gasteiger partial charge in [0.1, 0.15) is 18.0 Å². The highest BCUT2D eigenvalue weighted by atomic mass is 32.2. The minimum absolute atomic E-state index is 0.00827. The van der Waals surface area contributed by atoms with Gasteiger partial charge in [-0.3, -0.25) is 0 Å². The van der Waals surface area contributed by atoms with Gasteiger partial charge >= 0.3 is 0 Å². The van der Waals surface area contributed by atoms with Crippen molar-refractivity contribution in [3.05, 3.63) is 59.3 Å². The van der Waals surface area contributed by atoms with E-state index < -0.39 is 33.1 Å². The topological polar surface area (TPSA) is 97.9 Å². The molecule has 0 fully saturated rings. The highest BCUT2D eigenvalue weighted by Crippen LogP contribution is 2.34. The van der Waals surface area contributed by atoms with Crippen molar-refractivity contribution in [2.75, 3.05) is 12.8 Å². The quantitative estimate of drug-likeness (QED) is 0.794. The lowest BCUT2D eigenvalue weighted by atomic mass is 9.92. The van der Waals surface area contributed by atoms with E-state index >= 15 is 0 Å². The van der Waals surface area contributed by atoms with Gasteiger partial charge in [0, 0.05) is 18.7 Å². The van der Waals surface area contributed by atoms with E-state index in [4.69, 9.17) is 10.5 Å². The molecule has 10 heteroatoms. The number of hydrogen-bond donors (Lipinski definition) is 1. The number of aromatic nitrogens is 1. The number of aliphatic imine (C=N–C) groups is 1. The smallest absolute Gasteiger partial charge is 0.239 e. The first kappa shape index (κ1) is 19.0. The van der Waals surface area contributed by atoms with Crippen LogP contribution >= 0.6 is 0 Å². The SMILES string of the molecule is CN1C(N)=N[C@](C)(c2cc(COc3cccc(F)n3)ccc2F)CS1(=O)=O. The molecular formula is C17H18F2N4O3S. The number of sulfonamides is 1. The number of benzene rings is 1. The largest absolute Gasteiger partial charge is 0.473 e. The Hall–Kier alpha value is -2.75. The molecule has 0 spiro atoms. The van der Waals surface area contributed by atoms with Crippen LogP contribution in [0.1, 0.15) is 18.1 Å². The van der Waals surface area contributed by atoms with Crippen LogP contribution in [0.15, 0.2) is 41.4 Å². The van der Waals surface area contributed by atoms with Gasteiger partial charge in [0.25, 0.3) is 0 Å². The van der Waals surface area contributed by atoms with E-state index in [1.807, 2.05) is 0 Å². The van der Waals surface area contributed by atoms with Crippen molar-refractivity contribution in [3.63, 3.8) is 0 Å². The van der Waals surface area contributed by atoms with E-state index in [-0.39, 0.29) is 24.0 Å². The molecule has 1 aliphatic heterocycles. The Kier molecular flexibility index (Phi) is 4.77. The summed E-state index contributed by atoms with van der Waals surface area (Å²) in [6.07, 6.45) is 0. The lowest BCUT2D eigenvalue weighted by Gasteiger charge is -2.34. The molecule has 0 amide bonds. The lowest BCUT2D eigenvalue weighted by molar-refractivity contribution is 0.288. The number of pyridine rings is 1. The third kappa shape index (κ3) is 3.85. The van der Waals surface area contributed by atoms with Gasteiger partial charge in [-0.15, -0.1) is 0 Å². The fraction of sp³-hybridized carbons (Fsp3) is 0.294. The van der Waals surface area contributed by atoms with Crippen molar-refractivity contribution < 1.29 is 21.9 Å². The van der Waals surface area contributed by atoms with E-state index in [0.717, 1.165) is 4.31 Å². The Morgan fingerprint density at radius 2 is 2.04 bits per heavy atom. The Labute approximate surface area is 155 Å². The van der Waals surface area contributed by atoms with Gasteiger partial charge in [-0.2, -0.15) is 9.37 Å². The van der Waals surface area contributed by atoms with Gasteiger partial charge in [-0.05, 0) is 30.7 Å². The normalized spacial score (nSPS) is 21.6. The molecule has 1 aliphatic rings. The number of nitrogens with zero attached hydrogens (tertiary/aromatic N) is 3. The van der Waals surface area contributed by atoms with Gasteiger partial charge in [-0.25, -0.2) is 22.1 Å². The first-order chi connectivity index (χ1) is 12.6. The van der Waals surface area contributed by atoms with Crippen LogP contribution in [-0.4, -0.2) is 36.5 Å². The number of nitrogens with two attached hydrogens (primary N) is 1. The molecule has 2 heterocycles. The zero-order valence-electron chi connectivity index (χ0n) is 14.7. The third-order valence-corrected chi connectivity index (χ3v) is 6.20. The molecule has 27 heavy (non-hydrogen) atoms. The minimum Gasteiger partial charge on any atom is -0.473 e. The molecule has 144 valence electrons. The predicted molar refractivity (Wildman–Crippen MR) is 95.5 cm³/mol. The van der Waals surface area contributed by atoms with Crippen molar-refractivity contribution >= 4 is 16.0 Å². The summed E-state index contributed by atoms with van der Waals surface area (Å²) >= 11 is 0. The van der Waals surface area contributed by atoms with E-state index in [1.54, 1.807) is 0 Å². The van der Waals surface area contributed by atoms with Crippen LogP contribution in [0.3, 0.4) is 0 Å². The van der Waals surface area contributed by atoms with Crippen molar-refractivity contribution in [1.82, 2.24) is 9.29 Å². The Morgan fingerprint density at radius 1 is 1.30 bits per heavy atom. The first-order valence-corrected chi connectivity index (χ1v) is 9.58. The molecule has 0 saturated heterocycles. The van der Waals surface area contributed by atoms with E-state index in [9.17, 15) is 17.2 Å².